The van der Waals surface area contributed by atoms with E-state index in [1.165, 1.54) is 0 Å². The molecule has 0 radical (unpaired) electrons. The maximum atomic E-state index is 10.4. The molecule has 2 rings (SSSR count). The first-order valence-electron chi connectivity index (χ1n) is 3.59. The molecule has 0 aromatic heterocycles. The lowest BCUT2D eigenvalue weighted by Crippen LogP contribution is -2.55. The van der Waals surface area contributed by atoms with Gasteiger partial charge in [0.25, 0.3) is 0 Å². The quantitative estimate of drug-likeness (QED) is 0.584. The SMILES string of the molecule is O=C(O)C1CC2(CCO2)C1. The molecule has 0 aromatic rings. The van der Waals surface area contributed by atoms with E-state index in [4.69, 9.17) is 9.84 Å². The highest BCUT2D eigenvalue weighted by molar-refractivity contribution is 5.71. The van der Waals surface area contributed by atoms with Gasteiger partial charge in [0.1, 0.15) is 0 Å². The first-order valence-corrected chi connectivity index (χ1v) is 3.59. The Bertz CT molecular complexity index is 164. The van der Waals surface area contributed by atoms with Crippen LogP contribution in [-0.4, -0.2) is 23.3 Å². The lowest BCUT2D eigenvalue weighted by Gasteiger charge is -2.51. The van der Waals surface area contributed by atoms with Crippen LogP contribution in [0.3, 0.4) is 0 Å². The van der Waals surface area contributed by atoms with Gasteiger partial charge < -0.3 is 9.84 Å². The van der Waals surface area contributed by atoms with Crippen molar-refractivity contribution in [3.05, 3.63) is 0 Å². The predicted octanol–water partition coefficient (Wildman–Crippen LogP) is 0.640. The number of hydrogen-bond donors (Lipinski definition) is 1. The smallest absolute Gasteiger partial charge is 0.306 e. The highest BCUT2D eigenvalue weighted by Crippen LogP contribution is 2.48. The summed E-state index contributed by atoms with van der Waals surface area (Å²) < 4.78 is 5.27. The minimum absolute atomic E-state index is 0.0169. The van der Waals surface area contributed by atoms with Crippen LogP contribution in [0.2, 0.25) is 0 Å². The normalized spacial score (nSPS) is 44.2. The predicted molar refractivity (Wildman–Crippen MR) is 33.7 cm³/mol. The van der Waals surface area contributed by atoms with Gasteiger partial charge >= 0.3 is 5.97 Å². The summed E-state index contributed by atoms with van der Waals surface area (Å²) in [5, 5.41) is 8.53. The summed E-state index contributed by atoms with van der Waals surface area (Å²) in [6.07, 6.45) is 2.54. The number of carboxylic acids is 1. The molecule has 0 atom stereocenters. The molecule has 1 N–H and O–H groups in total. The molecule has 3 heteroatoms. The molecule has 0 unspecified atom stereocenters. The van der Waals surface area contributed by atoms with Gasteiger partial charge in [-0.2, -0.15) is 0 Å². The maximum absolute atomic E-state index is 10.4. The Morgan fingerprint density at radius 3 is 2.50 bits per heavy atom. The summed E-state index contributed by atoms with van der Waals surface area (Å²) in [7, 11) is 0. The van der Waals surface area contributed by atoms with Crippen molar-refractivity contribution < 1.29 is 14.6 Å². The summed E-state index contributed by atoms with van der Waals surface area (Å²) in [4.78, 5) is 10.4. The molecule has 0 aromatic carbocycles. The molecule has 3 nitrogen and oxygen atoms in total. The largest absolute Gasteiger partial charge is 0.481 e. The molecule has 0 amide bonds. The molecule has 1 heterocycles. The maximum Gasteiger partial charge on any atom is 0.306 e. The van der Waals surface area contributed by atoms with Gasteiger partial charge in [0.15, 0.2) is 0 Å². The van der Waals surface area contributed by atoms with E-state index >= 15 is 0 Å². The van der Waals surface area contributed by atoms with Crippen molar-refractivity contribution in [2.75, 3.05) is 6.61 Å². The molecule has 1 saturated heterocycles. The summed E-state index contributed by atoms with van der Waals surface area (Å²) in [5.41, 5.74) is 0.0169. The fourth-order valence-corrected chi connectivity index (χ4v) is 1.73. The van der Waals surface area contributed by atoms with Crippen molar-refractivity contribution >= 4 is 5.97 Å². The minimum atomic E-state index is -0.666. The van der Waals surface area contributed by atoms with Crippen molar-refractivity contribution in [2.45, 2.75) is 24.9 Å². The van der Waals surface area contributed by atoms with E-state index < -0.39 is 5.97 Å². The van der Waals surface area contributed by atoms with E-state index in [9.17, 15) is 4.79 Å². The van der Waals surface area contributed by atoms with Crippen LogP contribution in [0, 0.1) is 5.92 Å². The van der Waals surface area contributed by atoms with Gasteiger partial charge in [-0.05, 0) is 19.3 Å². The van der Waals surface area contributed by atoms with Gasteiger partial charge in [-0.1, -0.05) is 0 Å². The summed E-state index contributed by atoms with van der Waals surface area (Å²) in [6.45, 7) is 0.826. The molecule has 10 heavy (non-hydrogen) atoms. The first-order chi connectivity index (χ1) is 4.72. The van der Waals surface area contributed by atoms with Crippen LogP contribution in [0.1, 0.15) is 19.3 Å². The van der Waals surface area contributed by atoms with Crippen LogP contribution in [0.4, 0.5) is 0 Å². The second kappa shape index (κ2) is 1.72. The van der Waals surface area contributed by atoms with Gasteiger partial charge in [0.2, 0.25) is 0 Å². The van der Waals surface area contributed by atoms with Crippen molar-refractivity contribution in [1.82, 2.24) is 0 Å². The van der Waals surface area contributed by atoms with E-state index in [1.807, 2.05) is 0 Å². The van der Waals surface area contributed by atoms with Crippen LogP contribution < -0.4 is 0 Å². The number of aliphatic carboxylic acids is 1. The second-order valence-electron chi connectivity index (χ2n) is 3.22. The van der Waals surface area contributed by atoms with Crippen LogP contribution in [0.25, 0.3) is 0 Å². The molecule has 1 saturated carbocycles. The zero-order valence-electron chi connectivity index (χ0n) is 5.67. The molecular formula is C7H10O3. The number of rotatable bonds is 1. The molecule has 0 bridgehead atoms. The third-order valence-corrected chi connectivity index (χ3v) is 2.55. The van der Waals surface area contributed by atoms with Crippen molar-refractivity contribution in [2.24, 2.45) is 5.92 Å². The van der Waals surface area contributed by atoms with Gasteiger partial charge in [0, 0.05) is 0 Å². The monoisotopic (exact) mass is 142 g/mol. The Balaban J connectivity index is 1.88. The van der Waals surface area contributed by atoms with Gasteiger partial charge in [-0.25, -0.2) is 0 Å². The number of carbonyl (C=O) groups is 1. The van der Waals surface area contributed by atoms with Crippen LogP contribution >= 0.6 is 0 Å². The average Bonchev–Trinajstić information content (AvgIpc) is 1.54. The van der Waals surface area contributed by atoms with Gasteiger partial charge in [-0.3, -0.25) is 4.79 Å². The van der Waals surface area contributed by atoms with Crippen molar-refractivity contribution in [3.63, 3.8) is 0 Å². The van der Waals surface area contributed by atoms with Crippen LogP contribution in [0.5, 0.6) is 0 Å². The average molecular weight is 142 g/mol. The van der Waals surface area contributed by atoms with Crippen LogP contribution in [-0.2, 0) is 9.53 Å². The van der Waals surface area contributed by atoms with E-state index in [0.717, 1.165) is 25.9 Å². The summed E-state index contributed by atoms with van der Waals surface area (Å²) >= 11 is 0. The topological polar surface area (TPSA) is 46.5 Å². The van der Waals surface area contributed by atoms with Crippen molar-refractivity contribution in [1.29, 1.82) is 0 Å². The fraction of sp³-hybridized carbons (Fsp3) is 0.857. The zero-order chi connectivity index (χ0) is 7.19. The fourth-order valence-electron chi connectivity index (χ4n) is 1.73. The highest BCUT2D eigenvalue weighted by Gasteiger charge is 2.52. The molecule has 1 spiro atoms. The third-order valence-electron chi connectivity index (χ3n) is 2.55. The standard InChI is InChI=1S/C7H10O3/c8-6(9)5-3-7(4-5)1-2-10-7/h5H,1-4H2,(H,8,9). The van der Waals surface area contributed by atoms with Gasteiger partial charge in [0.05, 0.1) is 18.1 Å². The summed E-state index contributed by atoms with van der Waals surface area (Å²) in [6, 6.07) is 0. The Morgan fingerprint density at radius 1 is 1.60 bits per heavy atom. The molecule has 1 aliphatic heterocycles. The zero-order valence-corrected chi connectivity index (χ0v) is 5.67. The minimum Gasteiger partial charge on any atom is -0.481 e. The Hall–Kier alpha value is -0.570. The first kappa shape index (κ1) is 6.16. The molecular weight excluding hydrogens is 132 g/mol. The lowest BCUT2D eigenvalue weighted by atomic mass is 9.67. The Labute approximate surface area is 59.0 Å². The number of hydrogen-bond acceptors (Lipinski definition) is 2. The van der Waals surface area contributed by atoms with E-state index in [1.54, 1.807) is 0 Å². The molecule has 56 valence electrons. The molecule has 2 aliphatic rings. The lowest BCUT2D eigenvalue weighted by molar-refractivity contribution is -0.218. The Morgan fingerprint density at radius 2 is 2.20 bits per heavy atom. The second-order valence-corrected chi connectivity index (χ2v) is 3.22. The Kier molecular flexibility index (Phi) is 1.06. The molecule has 2 fully saturated rings. The number of ether oxygens (including phenoxy) is 1. The van der Waals surface area contributed by atoms with E-state index in [2.05, 4.69) is 0 Å². The highest BCUT2D eigenvalue weighted by atomic mass is 16.5. The third kappa shape index (κ3) is 0.669. The van der Waals surface area contributed by atoms with E-state index in [0.29, 0.717) is 0 Å². The van der Waals surface area contributed by atoms with Crippen molar-refractivity contribution in [3.8, 4) is 0 Å². The summed E-state index contributed by atoms with van der Waals surface area (Å²) in [5.74, 6) is -0.790. The number of carboxylic acid groups (broad SMARTS) is 1. The van der Waals surface area contributed by atoms with Crippen LogP contribution in [0.15, 0.2) is 0 Å². The van der Waals surface area contributed by atoms with E-state index in [-0.39, 0.29) is 11.5 Å². The van der Waals surface area contributed by atoms with Gasteiger partial charge in [-0.15, -0.1) is 0 Å². The molecule has 1 aliphatic carbocycles.